The summed E-state index contributed by atoms with van der Waals surface area (Å²) in [5.74, 6) is 0. The molecule has 1 aromatic heterocycles. The van der Waals surface area contributed by atoms with Crippen molar-refractivity contribution in [1.29, 1.82) is 0 Å². The third-order valence-corrected chi connectivity index (χ3v) is 8.69. The van der Waals surface area contributed by atoms with Crippen LogP contribution in [-0.2, 0) is 6.18 Å². The molecule has 0 spiro atoms. The molecule has 0 N–H and O–H groups in total. The van der Waals surface area contributed by atoms with Gasteiger partial charge in [0.15, 0.2) is 5.69 Å². The summed E-state index contributed by atoms with van der Waals surface area (Å²) in [5.41, 5.74) is -2.28. The van der Waals surface area contributed by atoms with Gasteiger partial charge in [-0.2, -0.15) is 13.2 Å². The first-order valence-electron chi connectivity index (χ1n) is 7.80. The van der Waals surface area contributed by atoms with Crippen LogP contribution >= 0.6 is 116 Å². The maximum atomic E-state index is 13.8. The summed E-state index contributed by atoms with van der Waals surface area (Å²) in [7, 11) is 0. The number of hydrogen-bond donors (Lipinski definition) is 0. The molecule has 2 aromatic carbocycles. The van der Waals surface area contributed by atoms with Gasteiger partial charge in [0.25, 0.3) is 0 Å². The van der Waals surface area contributed by atoms with Crippen LogP contribution in [0.5, 0.6) is 0 Å². The molecule has 170 valence electrons. The zero-order chi connectivity index (χ0) is 24.3. The van der Waals surface area contributed by atoms with E-state index in [1.807, 2.05) is 0 Å². The Bertz CT molecular complexity index is 1220. The molecule has 0 saturated heterocycles. The van der Waals surface area contributed by atoms with Gasteiger partial charge >= 0.3 is 6.18 Å². The van der Waals surface area contributed by atoms with Gasteiger partial charge in [0, 0.05) is 28.5 Å². The SMILES string of the molecule is FC(F)(F)c1ncc(-c2c(Cl)c(Cl)c(Cl)c(Cl)c2Cl)cc1-c1c(Cl)c(Cl)c(Cl)c(Cl)c1Cl. The Labute approximate surface area is 229 Å². The smallest absolute Gasteiger partial charge is 0.251 e. The normalized spacial score (nSPS) is 11.9. The number of rotatable bonds is 2. The van der Waals surface area contributed by atoms with Crippen molar-refractivity contribution in [3.8, 4) is 22.3 Å². The summed E-state index contributed by atoms with van der Waals surface area (Å²) >= 11 is 61.1. The lowest BCUT2D eigenvalue weighted by atomic mass is 9.98. The fourth-order valence-corrected chi connectivity index (χ4v) is 5.42. The van der Waals surface area contributed by atoms with E-state index in [0.29, 0.717) is 0 Å². The maximum absolute atomic E-state index is 13.8. The largest absolute Gasteiger partial charge is 0.433 e. The molecular weight excluding hydrogens is 642 g/mol. The molecule has 0 aliphatic heterocycles. The number of benzene rings is 2. The van der Waals surface area contributed by atoms with Crippen molar-refractivity contribution in [2.24, 2.45) is 0 Å². The van der Waals surface area contributed by atoms with Gasteiger partial charge in [-0.3, -0.25) is 4.98 Å². The van der Waals surface area contributed by atoms with Gasteiger partial charge < -0.3 is 0 Å². The molecule has 3 aromatic rings. The molecule has 0 radical (unpaired) electrons. The molecule has 0 fully saturated rings. The van der Waals surface area contributed by atoms with E-state index in [9.17, 15) is 13.2 Å². The summed E-state index contributed by atoms with van der Waals surface area (Å²) in [6.07, 6.45) is -4.04. The fraction of sp³-hybridized carbons (Fsp3) is 0.0556. The minimum atomic E-state index is -4.91. The first-order valence-corrected chi connectivity index (χ1v) is 11.6. The topological polar surface area (TPSA) is 12.9 Å². The van der Waals surface area contributed by atoms with Crippen LogP contribution in [0, 0.1) is 0 Å². The van der Waals surface area contributed by atoms with Crippen molar-refractivity contribution >= 4 is 116 Å². The molecule has 0 bridgehead atoms. The Hall–Kier alpha value is 0.280. The summed E-state index contributed by atoms with van der Waals surface area (Å²) < 4.78 is 41.4. The van der Waals surface area contributed by atoms with Crippen molar-refractivity contribution < 1.29 is 13.2 Å². The third kappa shape index (κ3) is 4.58. The van der Waals surface area contributed by atoms with E-state index < -0.39 is 17.4 Å². The number of pyridine rings is 1. The third-order valence-electron chi connectivity index (χ3n) is 4.13. The van der Waals surface area contributed by atoms with Gasteiger partial charge in [-0.25, -0.2) is 0 Å². The van der Waals surface area contributed by atoms with E-state index in [-0.39, 0.29) is 66.9 Å². The molecule has 1 nitrogen and oxygen atoms in total. The molecule has 14 heteroatoms. The minimum Gasteiger partial charge on any atom is -0.251 e. The Morgan fingerprint density at radius 2 is 0.875 bits per heavy atom. The van der Waals surface area contributed by atoms with E-state index >= 15 is 0 Å². The van der Waals surface area contributed by atoms with Crippen LogP contribution in [0.4, 0.5) is 13.2 Å². The lowest BCUT2D eigenvalue weighted by Gasteiger charge is -2.19. The van der Waals surface area contributed by atoms with Crippen LogP contribution in [0.25, 0.3) is 22.3 Å². The highest BCUT2D eigenvalue weighted by Crippen LogP contribution is 2.53. The van der Waals surface area contributed by atoms with E-state index in [0.717, 1.165) is 12.3 Å². The van der Waals surface area contributed by atoms with Crippen molar-refractivity contribution in [3.63, 3.8) is 0 Å². The van der Waals surface area contributed by atoms with Crippen LogP contribution in [-0.4, -0.2) is 4.98 Å². The Morgan fingerprint density at radius 3 is 1.25 bits per heavy atom. The van der Waals surface area contributed by atoms with Crippen LogP contribution < -0.4 is 0 Å². The van der Waals surface area contributed by atoms with Crippen molar-refractivity contribution in [2.75, 3.05) is 0 Å². The van der Waals surface area contributed by atoms with Gasteiger partial charge in [-0.1, -0.05) is 116 Å². The number of aromatic nitrogens is 1. The van der Waals surface area contributed by atoms with Crippen molar-refractivity contribution in [2.45, 2.75) is 6.18 Å². The van der Waals surface area contributed by atoms with E-state index in [2.05, 4.69) is 4.98 Å². The molecule has 0 atom stereocenters. The van der Waals surface area contributed by atoms with E-state index in [4.69, 9.17) is 116 Å². The number of alkyl halides is 3. The number of nitrogens with zero attached hydrogens (tertiary/aromatic N) is 1. The molecule has 1 heterocycles. The van der Waals surface area contributed by atoms with Crippen LogP contribution in [0.15, 0.2) is 12.3 Å². The molecule has 0 aliphatic rings. The maximum Gasteiger partial charge on any atom is 0.433 e. The summed E-state index contributed by atoms with van der Waals surface area (Å²) in [6, 6.07) is 1.04. The Morgan fingerprint density at radius 1 is 0.531 bits per heavy atom. The highest BCUT2D eigenvalue weighted by molar-refractivity contribution is 6.57. The van der Waals surface area contributed by atoms with Gasteiger partial charge in [-0.15, -0.1) is 0 Å². The van der Waals surface area contributed by atoms with Crippen molar-refractivity contribution in [3.05, 3.63) is 68.2 Å². The minimum absolute atomic E-state index is 0.00204. The first kappa shape index (κ1) is 26.9. The molecule has 32 heavy (non-hydrogen) atoms. The molecule has 0 aliphatic carbocycles. The van der Waals surface area contributed by atoms with Gasteiger partial charge in [0.05, 0.1) is 50.2 Å². The van der Waals surface area contributed by atoms with E-state index in [1.54, 1.807) is 0 Å². The Balaban J connectivity index is 2.47. The Kier molecular flexibility index (Phi) is 8.18. The lowest BCUT2D eigenvalue weighted by Crippen LogP contribution is -2.11. The zero-order valence-corrected chi connectivity index (χ0v) is 22.1. The summed E-state index contributed by atoms with van der Waals surface area (Å²) in [4.78, 5) is 3.53. The number of halogens is 13. The standard InChI is InChI=1S/C18H2Cl10F3N/c19-7-5(8(20)12(24)15(27)11(7)23)3-1-4(17(32-2-3)18(29,30)31)6-9(21)13(25)16(28)14(26)10(6)22/h1-2H. The lowest BCUT2D eigenvalue weighted by molar-refractivity contribution is -0.140. The average Bonchev–Trinajstić information content (AvgIpc) is 2.73. The quantitative estimate of drug-likeness (QED) is 0.200. The second-order valence-electron chi connectivity index (χ2n) is 6.01. The predicted octanol–water partition coefficient (Wildman–Crippen LogP) is 12.0. The summed E-state index contributed by atoms with van der Waals surface area (Å²) in [5, 5.41) is -2.36. The first-order chi connectivity index (χ1) is 14.7. The molecule has 0 unspecified atom stereocenters. The summed E-state index contributed by atoms with van der Waals surface area (Å²) in [6.45, 7) is 0. The number of hydrogen-bond acceptors (Lipinski definition) is 1. The van der Waals surface area contributed by atoms with Gasteiger partial charge in [0.2, 0.25) is 0 Å². The second-order valence-corrected chi connectivity index (χ2v) is 9.79. The monoisotopic (exact) mass is 639 g/mol. The average molecular weight is 644 g/mol. The van der Waals surface area contributed by atoms with Crippen LogP contribution in [0.1, 0.15) is 5.69 Å². The van der Waals surface area contributed by atoms with Gasteiger partial charge in [-0.05, 0) is 6.07 Å². The van der Waals surface area contributed by atoms with Gasteiger partial charge in [0.1, 0.15) is 0 Å². The molecule has 0 saturated carbocycles. The second kappa shape index (κ2) is 9.73. The van der Waals surface area contributed by atoms with E-state index in [1.165, 1.54) is 0 Å². The molecule has 3 rings (SSSR count). The highest BCUT2D eigenvalue weighted by Gasteiger charge is 2.38. The fourth-order valence-electron chi connectivity index (χ4n) is 2.72. The molecular formula is C18H2Cl10F3N. The highest BCUT2D eigenvalue weighted by atomic mass is 35.5. The van der Waals surface area contributed by atoms with Crippen LogP contribution in [0.2, 0.25) is 50.2 Å². The van der Waals surface area contributed by atoms with Crippen LogP contribution in [0.3, 0.4) is 0 Å². The zero-order valence-electron chi connectivity index (χ0n) is 14.5. The van der Waals surface area contributed by atoms with Crippen molar-refractivity contribution in [1.82, 2.24) is 4.98 Å². The molecule has 0 amide bonds. The predicted molar refractivity (Wildman–Crippen MR) is 130 cm³/mol.